The first-order valence-corrected chi connectivity index (χ1v) is 8.18. The zero-order valence-corrected chi connectivity index (χ0v) is 12.9. The molecule has 0 bridgehead atoms. The van der Waals surface area contributed by atoms with Crippen LogP contribution in [0.3, 0.4) is 0 Å². The number of hydrogen-bond acceptors (Lipinski definition) is 6. The maximum absolute atomic E-state index is 11.6. The number of aromatic nitrogens is 2. The monoisotopic (exact) mass is 307 g/mol. The van der Waals surface area contributed by atoms with E-state index >= 15 is 0 Å². The number of nitrogens with one attached hydrogen (secondary N) is 1. The molecule has 21 heavy (non-hydrogen) atoms. The first-order valence-electron chi connectivity index (χ1n) is 6.29. The molecule has 1 aromatic heterocycles. The van der Waals surface area contributed by atoms with Crippen LogP contribution in [-0.4, -0.2) is 31.8 Å². The zero-order chi connectivity index (χ0) is 15.5. The Balaban J connectivity index is 2.28. The number of hydrogen-bond donors (Lipinski definition) is 1. The lowest BCUT2D eigenvalue weighted by Crippen LogP contribution is -2.06. The number of ether oxygens (including phenoxy) is 1. The summed E-state index contributed by atoms with van der Waals surface area (Å²) >= 11 is 0. The van der Waals surface area contributed by atoms with E-state index in [4.69, 9.17) is 4.74 Å². The Hall–Kier alpha value is -2.15. The summed E-state index contributed by atoms with van der Waals surface area (Å²) in [6.07, 6.45) is 4.35. The van der Waals surface area contributed by atoms with Gasteiger partial charge in [0, 0.05) is 30.1 Å². The topological polar surface area (TPSA) is 81.2 Å². The highest BCUT2D eigenvalue weighted by Crippen LogP contribution is 2.23. The standard InChI is InChI=1S/C14H17N3O3S/c1-10-7-15-9-17-14(10)16-8-11-6-12(21(3,18)19)4-5-13(11)20-2/h4-7,9H,8H2,1-3H3,(H,15,16,17). The van der Waals surface area contributed by atoms with Gasteiger partial charge in [0.25, 0.3) is 0 Å². The molecular formula is C14H17N3O3S. The Labute approximate surface area is 124 Å². The molecule has 0 atom stereocenters. The predicted molar refractivity (Wildman–Crippen MR) is 80.2 cm³/mol. The van der Waals surface area contributed by atoms with E-state index in [0.717, 1.165) is 11.1 Å². The van der Waals surface area contributed by atoms with Gasteiger partial charge in [-0.3, -0.25) is 0 Å². The number of sulfone groups is 1. The van der Waals surface area contributed by atoms with Crippen molar-refractivity contribution in [2.24, 2.45) is 0 Å². The van der Waals surface area contributed by atoms with Crippen molar-refractivity contribution in [2.75, 3.05) is 18.7 Å². The van der Waals surface area contributed by atoms with Crippen molar-refractivity contribution >= 4 is 15.7 Å². The van der Waals surface area contributed by atoms with Gasteiger partial charge in [0.1, 0.15) is 17.9 Å². The highest BCUT2D eigenvalue weighted by Gasteiger charge is 2.12. The smallest absolute Gasteiger partial charge is 0.175 e. The van der Waals surface area contributed by atoms with E-state index in [1.165, 1.54) is 18.6 Å². The minimum atomic E-state index is -3.25. The molecular weight excluding hydrogens is 290 g/mol. The summed E-state index contributed by atoms with van der Waals surface area (Å²) in [4.78, 5) is 8.33. The van der Waals surface area contributed by atoms with Gasteiger partial charge in [-0.1, -0.05) is 0 Å². The van der Waals surface area contributed by atoms with E-state index in [1.54, 1.807) is 25.4 Å². The van der Waals surface area contributed by atoms with E-state index in [9.17, 15) is 8.42 Å². The molecule has 1 N–H and O–H groups in total. The Morgan fingerprint density at radius 3 is 2.71 bits per heavy atom. The lowest BCUT2D eigenvalue weighted by atomic mass is 10.2. The molecule has 112 valence electrons. The average molecular weight is 307 g/mol. The van der Waals surface area contributed by atoms with Gasteiger partial charge < -0.3 is 10.1 Å². The number of rotatable bonds is 5. The van der Waals surface area contributed by atoms with Gasteiger partial charge in [-0.15, -0.1) is 0 Å². The van der Waals surface area contributed by atoms with Gasteiger partial charge in [-0.05, 0) is 25.1 Å². The van der Waals surface area contributed by atoms with Crippen LogP contribution in [0.1, 0.15) is 11.1 Å². The molecule has 2 aromatic rings. The summed E-state index contributed by atoms with van der Waals surface area (Å²) in [6.45, 7) is 2.30. The molecule has 0 aliphatic carbocycles. The van der Waals surface area contributed by atoms with Crippen molar-refractivity contribution in [1.29, 1.82) is 0 Å². The van der Waals surface area contributed by atoms with Gasteiger partial charge in [0.15, 0.2) is 9.84 Å². The second-order valence-electron chi connectivity index (χ2n) is 4.65. The summed E-state index contributed by atoms with van der Waals surface area (Å²) in [7, 11) is -1.70. The molecule has 0 amide bonds. The summed E-state index contributed by atoms with van der Waals surface area (Å²) in [6, 6.07) is 4.80. The first-order chi connectivity index (χ1) is 9.91. The molecule has 0 fully saturated rings. The third-order valence-corrected chi connectivity index (χ3v) is 4.13. The lowest BCUT2D eigenvalue weighted by molar-refractivity contribution is 0.410. The van der Waals surface area contributed by atoms with Crippen LogP contribution < -0.4 is 10.1 Å². The Morgan fingerprint density at radius 2 is 2.10 bits per heavy atom. The van der Waals surface area contributed by atoms with E-state index in [1.807, 2.05) is 6.92 Å². The van der Waals surface area contributed by atoms with Gasteiger partial charge in [0.2, 0.25) is 0 Å². The molecule has 0 saturated heterocycles. The summed E-state index contributed by atoms with van der Waals surface area (Å²) < 4.78 is 28.5. The SMILES string of the molecule is COc1ccc(S(C)(=O)=O)cc1CNc1ncncc1C. The zero-order valence-electron chi connectivity index (χ0n) is 12.1. The van der Waals surface area contributed by atoms with Crippen molar-refractivity contribution in [3.05, 3.63) is 41.9 Å². The Morgan fingerprint density at radius 1 is 1.33 bits per heavy atom. The first kappa shape index (κ1) is 15.2. The predicted octanol–water partition coefficient (Wildman–Crippen LogP) is 1.81. The minimum absolute atomic E-state index is 0.263. The highest BCUT2D eigenvalue weighted by molar-refractivity contribution is 7.90. The van der Waals surface area contributed by atoms with Crippen molar-refractivity contribution < 1.29 is 13.2 Å². The van der Waals surface area contributed by atoms with Crippen LogP contribution >= 0.6 is 0 Å². The lowest BCUT2D eigenvalue weighted by Gasteiger charge is -2.12. The van der Waals surface area contributed by atoms with Crippen LogP contribution in [0.2, 0.25) is 0 Å². The number of anilines is 1. The van der Waals surface area contributed by atoms with Crippen LogP contribution in [0.25, 0.3) is 0 Å². The summed E-state index contributed by atoms with van der Waals surface area (Å²) in [5, 5.41) is 3.16. The fourth-order valence-electron chi connectivity index (χ4n) is 1.89. The fourth-order valence-corrected chi connectivity index (χ4v) is 2.56. The normalized spacial score (nSPS) is 11.2. The number of benzene rings is 1. The average Bonchev–Trinajstić information content (AvgIpc) is 2.45. The number of methoxy groups -OCH3 is 1. The van der Waals surface area contributed by atoms with Gasteiger partial charge in [-0.2, -0.15) is 0 Å². The van der Waals surface area contributed by atoms with Crippen molar-refractivity contribution in [2.45, 2.75) is 18.4 Å². The molecule has 0 radical (unpaired) electrons. The molecule has 6 nitrogen and oxygen atoms in total. The van der Waals surface area contributed by atoms with Crippen LogP contribution in [0.5, 0.6) is 5.75 Å². The molecule has 0 unspecified atom stereocenters. The quantitative estimate of drug-likeness (QED) is 0.907. The molecule has 7 heteroatoms. The highest BCUT2D eigenvalue weighted by atomic mass is 32.2. The van der Waals surface area contributed by atoms with Crippen LogP contribution in [0.15, 0.2) is 35.6 Å². The minimum Gasteiger partial charge on any atom is -0.496 e. The molecule has 2 rings (SSSR count). The fraction of sp³-hybridized carbons (Fsp3) is 0.286. The van der Waals surface area contributed by atoms with Gasteiger partial charge >= 0.3 is 0 Å². The molecule has 0 saturated carbocycles. The van der Waals surface area contributed by atoms with Crippen LogP contribution in [0.4, 0.5) is 5.82 Å². The number of aryl methyl sites for hydroxylation is 1. The maximum atomic E-state index is 11.6. The van der Waals surface area contributed by atoms with Crippen molar-refractivity contribution in [3.63, 3.8) is 0 Å². The van der Waals surface area contributed by atoms with Crippen LogP contribution in [-0.2, 0) is 16.4 Å². The van der Waals surface area contributed by atoms with E-state index < -0.39 is 9.84 Å². The van der Waals surface area contributed by atoms with E-state index in [0.29, 0.717) is 18.1 Å². The molecule has 0 aliphatic heterocycles. The molecule has 1 heterocycles. The van der Waals surface area contributed by atoms with E-state index in [2.05, 4.69) is 15.3 Å². The second kappa shape index (κ2) is 6.09. The second-order valence-corrected chi connectivity index (χ2v) is 6.67. The third-order valence-electron chi connectivity index (χ3n) is 3.02. The molecule has 1 aromatic carbocycles. The summed E-state index contributed by atoms with van der Waals surface area (Å²) in [5.41, 5.74) is 1.66. The van der Waals surface area contributed by atoms with Crippen molar-refractivity contribution in [1.82, 2.24) is 9.97 Å². The number of nitrogens with zero attached hydrogens (tertiary/aromatic N) is 2. The Kier molecular flexibility index (Phi) is 4.42. The maximum Gasteiger partial charge on any atom is 0.175 e. The largest absolute Gasteiger partial charge is 0.496 e. The molecule has 0 aliphatic rings. The van der Waals surface area contributed by atoms with E-state index in [-0.39, 0.29) is 4.90 Å². The van der Waals surface area contributed by atoms with Gasteiger partial charge in [-0.25, -0.2) is 18.4 Å². The van der Waals surface area contributed by atoms with Crippen molar-refractivity contribution in [3.8, 4) is 5.75 Å². The third kappa shape index (κ3) is 3.69. The van der Waals surface area contributed by atoms with Crippen LogP contribution in [0, 0.1) is 6.92 Å². The van der Waals surface area contributed by atoms with Gasteiger partial charge in [0.05, 0.1) is 12.0 Å². The Bertz CT molecular complexity index is 745. The molecule has 0 spiro atoms. The summed E-state index contributed by atoms with van der Waals surface area (Å²) in [5.74, 6) is 1.33.